The molecule has 1 aromatic rings. The summed E-state index contributed by atoms with van der Waals surface area (Å²) in [5.41, 5.74) is 0.529. The van der Waals surface area contributed by atoms with Gasteiger partial charge in [0.15, 0.2) is 12.4 Å². The van der Waals surface area contributed by atoms with Crippen LogP contribution in [0.25, 0.3) is 0 Å². The van der Waals surface area contributed by atoms with E-state index in [1.807, 2.05) is 0 Å². The molecule has 0 aliphatic rings. The summed E-state index contributed by atoms with van der Waals surface area (Å²) in [6.45, 7) is 1.74. The Morgan fingerprint density at radius 2 is 1.88 bits per heavy atom. The van der Waals surface area contributed by atoms with Crippen molar-refractivity contribution in [2.75, 3.05) is 20.7 Å². The molecule has 0 aromatic heterocycles. The maximum absolute atomic E-state index is 11.6. The van der Waals surface area contributed by atoms with Gasteiger partial charge in [-0.1, -0.05) is 19.1 Å². The zero-order chi connectivity index (χ0) is 12.8. The van der Waals surface area contributed by atoms with E-state index in [1.165, 1.54) is 4.90 Å². The van der Waals surface area contributed by atoms with Crippen LogP contribution < -0.4 is 4.74 Å². The highest BCUT2D eigenvalue weighted by atomic mass is 16.5. The maximum Gasteiger partial charge on any atom is 0.259 e. The molecular weight excluding hydrogens is 218 g/mol. The molecule has 1 aromatic carbocycles. The third-order valence-corrected chi connectivity index (χ3v) is 2.36. The van der Waals surface area contributed by atoms with Crippen LogP contribution in [-0.2, 0) is 4.79 Å². The number of ether oxygens (including phenoxy) is 1. The molecular formula is C13H17NO3. The van der Waals surface area contributed by atoms with Crippen molar-refractivity contribution in [2.45, 2.75) is 13.3 Å². The molecule has 1 amide bonds. The number of amides is 1. The lowest BCUT2D eigenvalue weighted by Crippen LogP contribution is -2.27. The molecule has 92 valence electrons. The predicted octanol–water partition coefficient (Wildman–Crippen LogP) is 1.75. The van der Waals surface area contributed by atoms with Gasteiger partial charge in [-0.25, -0.2) is 0 Å². The Labute approximate surface area is 101 Å². The van der Waals surface area contributed by atoms with E-state index < -0.39 is 0 Å². The largest absolute Gasteiger partial charge is 0.483 e. The van der Waals surface area contributed by atoms with Crippen LogP contribution in [0, 0.1) is 0 Å². The fourth-order valence-electron chi connectivity index (χ4n) is 1.28. The van der Waals surface area contributed by atoms with E-state index in [4.69, 9.17) is 4.74 Å². The second-order valence-electron chi connectivity index (χ2n) is 3.85. The van der Waals surface area contributed by atoms with Gasteiger partial charge in [-0.05, 0) is 12.1 Å². The second-order valence-corrected chi connectivity index (χ2v) is 3.85. The smallest absolute Gasteiger partial charge is 0.259 e. The van der Waals surface area contributed by atoms with Gasteiger partial charge in [-0.15, -0.1) is 0 Å². The number of hydrogen-bond acceptors (Lipinski definition) is 3. The highest BCUT2D eigenvalue weighted by Crippen LogP contribution is 2.19. The van der Waals surface area contributed by atoms with Gasteiger partial charge in [-0.3, -0.25) is 9.59 Å². The van der Waals surface area contributed by atoms with Crippen LogP contribution in [0.2, 0.25) is 0 Å². The van der Waals surface area contributed by atoms with Crippen LogP contribution in [-0.4, -0.2) is 37.3 Å². The van der Waals surface area contributed by atoms with Crippen molar-refractivity contribution < 1.29 is 14.3 Å². The number of nitrogens with zero attached hydrogens (tertiary/aromatic N) is 1. The molecule has 0 radical (unpaired) electrons. The monoisotopic (exact) mass is 235 g/mol. The molecule has 0 saturated carbocycles. The molecule has 0 spiro atoms. The maximum atomic E-state index is 11.6. The summed E-state index contributed by atoms with van der Waals surface area (Å²) in [6, 6.07) is 6.97. The van der Waals surface area contributed by atoms with E-state index in [0.717, 1.165) is 0 Å². The Bertz CT molecular complexity index is 413. The van der Waals surface area contributed by atoms with Crippen LogP contribution in [0.4, 0.5) is 0 Å². The molecule has 0 bridgehead atoms. The fourth-order valence-corrected chi connectivity index (χ4v) is 1.28. The first kappa shape index (κ1) is 13.2. The zero-order valence-corrected chi connectivity index (χ0v) is 10.4. The lowest BCUT2D eigenvalue weighted by Gasteiger charge is -2.13. The summed E-state index contributed by atoms with van der Waals surface area (Å²) >= 11 is 0. The van der Waals surface area contributed by atoms with E-state index in [0.29, 0.717) is 17.7 Å². The Hall–Kier alpha value is -1.84. The number of carbonyl (C=O) groups is 2. The molecule has 0 unspecified atom stereocenters. The number of para-hydroxylation sites is 1. The van der Waals surface area contributed by atoms with Crippen molar-refractivity contribution in [1.82, 2.24) is 4.90 Å². The van der Waals surface area contributed by atoms with Gasteiger partial charge in [0.05, 0.1) is 5.56 Å². The van der Waals surface area contributed by atoms with E-state index in [-0.39, 0.29) is 18.3 Å². The number of carbonyl (C=O) groups excluding carboxylic acids is 2. The minimum absolute atomic E-state index is 0.0119. The van der Waals surface area contributed by atoms with Crippen LogP contribution >= 0.6 is 0 Å². The lowest BCUT2D eigenvalue weighted by molar-refractivity contribution is -0.130. The van der Waals surface area contributed by atoms with E-state index in [9.17, 15) is 9.59 Å². The summed E-state index contributed by atoms with van der Waals surface area (Å²) < 4.78 is 5.37. The fraction of sp³-hybridized carbons (Fsp3) is 0.385. The molecule has 0 N–H and O–H groups in total. The predicted molar refractivity (Wildman–Crippen MR) is 65.3 cm³/mol. The average molecular weight is 235 g/mol. The number of hydrogen-bond donors (Lipinski definition) is 0. The molecule has 0 saturated heterocycles. The first-order valence-corrected chi connectivity index (χ1v) is 5.51. The number of ketones is 1. The first-order chi connectivity index (χ1) is 8.06. The SMILES string of the molecule is CCC(=O)c1ccccc1OCC(=O)N(C)C. The van der Waals surface area contributed by atoms with Crippen molar-refractivity contribution in [1.29, 1.82) is 0 Å². The minimum Gasteiger partial charge on any atom is -0.483 e. The van der Waals surface area contributed by atoms with Gasteiger partial charge in [0, 0.05) is 20.5 Å². The van der Waals surface area contributed by atoms with Gasteiger partial charge in [0.25, 0.3) is 5.91 Å². The van der Waals surface area contributed by atoms with Crippen LogP contribution in [0.5, 0.6) is 5.75 Å². The molecule has 0 aliphatic carbocycles. The zero-order valence-electron chi connectivity index (χ0n) is 10.4. The number of likely N-dealkylation sites (N-methyl/N-ethyl adjacent to an activating group) is 1. The van der Waals surface area contributed by atoms with Crippen LogP contribution in [0.3, 0.4) is 0 Å². The van der Waals surface area contributed by atoms with Crippen molar-refractivity contribution >= 4 is 11.7 Å². The summed E-state index contributed by atoms with van der Waals surface area (Å²) in [7, 11) is 3.32. The highest BCUT2D eigenvalue weighted by molar-refractivity contribution is 5.98. The molecule has 0 heterocycles. The summed E-state index contributed by atoms with van der Waals surface area (Å²) in [5, 5.41) is 0. The number of rotatable bonds is 5. The topological polar surface area (TPSA) is 46.6 Å². The van der Waals surface area contributed by atoms with E-state index >= 15 is 0 Å². The third kappa shape index (κ3) is 3.59. The summed E-state index contributed by atoms with van der Waals surface area (Å²) in [4.78, 5) is 24.5. The van der Waals surface area contributed by atoms with Gasteiger partial charge < -0.3 is 9.64 Å². The molecule has 0 atom stereocenters. The van der Waals surface area contributed by atoms with Crippen molar-refractivity contribution in [3.8, 4) is 5.75 Å². The minimum atomic E-state index is -0.135. The lowest BCUT2D eigenvalue weighted by atomic mass is 10.1. The number of Topliss-reactive ketones (excluding diaryl/α,β-unsaturated/α-hetero) is 1. The van der Waals surface area contributed by atoms with E-state index in [2.05, 4.69) is 0 Å². The van der Waals surface area contributed by atoms with Gasteiger partial charge >= 0.3 is 0 Å². The van der Waals surface area contributed by atoms with Crippen LogP contribution in [0.15, 0.2) is 24.3 Å². The molecule has 1 rings (SSSR count). The molecule has 0 fully saturated rings. The Morgan fingerprint density at radius 3 is 2.47 bits per heavy atom. The van der Waals surface area contributed by atoms with Crippen molar-refractivity contribution in [3.05, 3.63) is 29.8 Å². The summed E-state index contributed by atoms with van der Waals surface area (Å²) in [6.07, 6.45) is 0.419. The molecule has 0 aliphatic heterocycles. The molecule has 4 heteroatoms. The van der Waals surface area contributed by atoms with Crippen molar-refractivity contribution in [2.24, 2.45) is 0 Å². The normalized spacial score (nSPS) is 9.82. The van der Waals surface area contributed by atoms with Gasteiger partial charge in [0.2, 0.25) is 0 Å². The summed E-state index contributed by atoms with van der Waals surface area (Å²) in [5.74, 6) is 0.344. The second kappa shape index (κ2) is 6.03. The Kier molecular flexibility index (Phi) is 4.69. The van der Waals surface area contributed by atoms with Crippen molar-refractivity contribution in [3.63, 3.8) is 0 Å². The average Bonchev–Trinajstić information content (AvgIpc) is 2.35. The van der Waals surface area contributed by atoms with E-state index in [1.54, 1.807) is 45.3 Å². The van der Waals surface area contributed by atoms with Crippen LogP contribution in [0.1, 0.15) is 23.7 Å². The Morgan fingerprint density at radius 1 is 1.24 bits per heavy atom. The highest BCUT2D eigenvalue weighted by Gasteiger charge is 2.12. The number of benzene rings is 1. The molecule has 17 heavy (non-hydrogen) atoms. The molecule has 4 nitrogen and oxygen atoms in total. The Balaban J connectivity index is 2.77. The first-order valence-electron chi connectivity index (χ1n) is 5.51. The third-order valence-electron chi connectivity index (χ3n) is 2.36. The quantitative estimate of drug-likeness (QED) is 0.730. The van der Waals surface area contributed by atoms with Gasteiger partial charge in [0.1, 0.15) is 5.75 Å². The standard InChI is InChI=1S/C13H17NO3/c1-4-11(15)10-7-5-6-8-12(10)17-9-13(16)14(2)3/h5-8H,4,9H2,1-3H3. The van der Waals surface area contributed by atoms with Gasteiger partial charge in [-0.2, -0.15) is 0 Å².